The van der Waals surface area contributed by atoms with Crippen molar-refractivity contribution in [3.8, 4) is 0 Å². The fourth-order valence-electron chi connectivity index (χ4n) is 3.60. The lowest BCUT2D eigenvalue weighted by Crippen LogP contribution is -2.18. The molecule has 0 amide bonds. The highest BCUT2D eigenvalue weighted by Gasteiger charge is 2.44. The Balaban J connectivity index is 1.94. The normalized spacial score (nSPS) is 29.6. The van der Waals surface area contributed by atoms with Crippen molar-refractivity contribution in [2.24, 2.45) is 5.92 Å². The van der Waals surface area contributed by atoms with E-state index < -0.39 is 0 Å². The van der Waals surface area contributed by atoms with Gasteiger partial charge in [0.15, 0.2) is 0 Å². The van der Waals surface area contributed by atoms with Gasteiger partial charge in [0.25, 0.3) is 0 Å². The summed E-state index contributed by atoms with van der Waals surface area (Å²) < 4.78 is 8.01. The molecular weight excluding hydrogens is 238 g/mol. The highest BCUT2D eigenvalue weighted by molar-refractivity contribution is 5.76. The molecule has 3 atom stereocenters. The SMILES string of the molecule is CCCCc1ccc2n1CCC[C@H]1OC(=O)[C@@H](C)[C@H]21. The first kappa shape index (κ1) is 12.8. The highest BCUT2D eigenvalue weighted by Crippen LogP contribution is 2.41. The van der Waals surface area contributed by atoms with Crippen molar-refractivity contribution in [2.75, 3.05) is 0 Å². The van der Waals surface area contributed by atoms with Gasteiger partial charge in [-0.15, -0.1) is 0 Å². The van der Waals surface area contributed by atoms with Gasteiger partial charge in [-0.1, -0.05) is 20.3 Å². The molecule has 2 aliphatic heterocycles. The molecular formula is C16H23NO2. The van der Waals surface area contributed by atoms with E-state index in [0.29, 0.717) is 0 Å². The number of carbonyl (C=O) groups is 1. The Hall–Kier alpha value is -1.25. The fourth-order valence-corrected chi connectivity index (χ4v) is 3.60. The number of ether oxygens (including phenoxy) is 1. The number of nitrogens with zero attached hydrogens (tertiary/aromatic N) is 1. The van der Waals surface area contributed by atoms with Gasteiger partial charge in [0.2, 0.25) is 0 Å². The van der Waals surface area contributed by atoms with Crippen LogP contribution < -0.4 is 0 Å². The molecule has 0 aliphatic carbocycles. The lowest BCUT2D eigenvalue weighted by atomic mass is 9.88. The monoisotopic (exact) mass is 261 g/mol. The van der Waals surface area contributed by atoms with Gasteiger partial charge in [-0.3, -0.25) is 4.79 Å². The maximum Gasteiger partial charge on any atom is 0.309 e. The second-order valence-corrected chi connectivity index (χ2v) is 5.94. The van der Waals surface area contributed by atoms with Gasteiger partial charge in [-0.05, 0) is 37.8 Å². The molecule has 0 aromatic carbocycles. The number of aryl methyl sites for hydroxylation is 1. The van der Waals surface area contributed by atoms with Crippen LogP contribution in [0.25, 0.3) is 0 Å². The first-order chi connectivity index (χ1) is 9.22. The summed E-state index contributed by atoms with van der Waals surface area (Å²) in [5.41, 5.74) is 2.76. The van der Waals surface area contributed by atoms with Crippen molar-refractivity contribution in [1.29, 1.82) is 0 Å². The van der Waals surface area contributed by atoms with Gasteiger partial charge in [0, 0.05) is 23.9 Å². The zero-order valence-electron chi connectivity index (χ0n) is 11.9. The maximum absolute atomic E-state index is 11.8. The molecule has 1 saturated heterocycles. The summed E-state index contributed by atoms with van der Waals surface area (Å²) in [7, 11) is 0. The minimum absolute atomic E-state index is 0.00998. The predicted octanol–water partition coefficient (Wildman–Crippen LogP) is 3.27. The number of carbonyl (C=O) groups excluding carboxylic acids is 1. The van der Waals surface area contributed by atoms with Crippen molar-refractivity contribution in [2.45, 2.75) is 64.5 Å². The minimum atomic E-state index is -0.0141. The summed E-state index contributed by atoms with van der Waals surface area (Å²) in [4.78, 5) is 11.8. The van der Waals surface area contributed by atoms with Crippen LogP contribution >= 0.6 is 0 Å². The molecule has 3 rings (SSSR count). The van der Waals surface area contributed by atoms with E-state index >= 15 is 0 Å². The van der Waals surface area contributed by atoms with Crippen LogP contribution in [0.2, 0.25) is 0 Å². The highest BCUT2D eigenvalue weighted by atomic mass is 16.6. The number of esters is 1. The van der Waals surface area contributed by atoms with Gasteiger partial charge in [-0.2, -0.15) is 0 Å². The first-order valence-electron chi connectivity index (χ1n) is 7.61. The third-order valence-electron chi connectivity index (χ3n) is 4.68. The van der Waals surface area contributed by atoms with Gasteiger partial charge < -0.3 is 9.30 Å². The molecule has 3 nitrogen and oxygen atoms in total. The number of rotatable bonds is 3. The molecule has 0 spiro atoms. The van der Waals surface area contributed by atoms with Gasteiger partial charge in [0.05, 0.1) is 5.92 Å². The second-order valence-electron chi connectivity index (χ2n) is 5.94. The molecule has 2 aliphatic rings. The van der Waals surface area contributed by atoms with E-state index in [1.807, 2.05) is 6.92 Å². The molecule has 1 aromatic heterocycles. The zero-order chi connectivity index (χ0) is 13.4. The van der Waals surface area contributed by atoms with Crippen molar-refractivity contribution in [3.05, 3.63) is 23.5 Å². The fraction of sp³-hybridized carbons (Fsp3) is 0.688. The van der Waals surface area contributed by atoms with Crippen LogP contribution in [0.15, 0.2) is 12.1 Å². The third-order valence-corrected chi connectivity index (χ3v) is 4.68. The number of unbranched alkanes of at least 4 members (excludes halogenated alkanes) is 1. The van der Waals surface area contributed by atoms with Crippen molar-refractivity contribution >= 4 is 5.97 Å². The van der Waals surface area contributed by atoms with E-state index in [9.17, 15) is 4.79 Å². The van der Waals surface area contributed by atoms with Crippen LogP contribution in [0.3, 0.4) is 0 Å². The molecule has 104 valence electrons. The van der Waals surface area contributed by atoms with E-state index in [1.54, 1.807) is 0 Å². The minimum Gasteiger partial charge on any atom is -0.461 e. The molecule has 0 radical (unpaired) electrons. The number of aromatic nitrogens is 1. The van der Waals surface area contributed by atoms with Gasteiger partial charge in [-0.25, -0.2) is 0 Å². The Bertz CT molecular complexity index is 477. The van der Waals surface area contributed by atoms with E-state index in [1.165, 1.54) is 24.2 Å². The van der Waals surface area contributed by atoms with Crippen LogP contribution in [-0.2, 0) is 22.5 Å². The smallest absolute Gasteiger partial charge is 0.309 e. The second kappa shape index (κ2) is 5.03. The summed E-state index contributed by atoms with van der Waals surface area (Å²) in [5, 5.41) is 0. The number of hydrogen-bond acceptors (Lipinski definition) is 2. The predicted molar refractivity (Wildman–Crippen MR) is 74.1 cm³/mol. The van der Waals surface area contributed by atoms with Crippen LogP contribution in [-0.4, -0.2) is 16.6 Å². The number of hydrogen-bond donors (Lipinski definition) is 0. The Morgan fingerprint density at radius 1 is 1.42 bits per heavy atom. The lowest BCUT2D eigenvalue weighted by Gasteiger charge is -2.18. The molecule has 0 unspecified atom stereocenters. The summed E-state index contributed by atoms with van der Waals surface area (Å²) in [6.07, 6.45) is 5.85. The third kappa shape index (κ3) is 2.09. The molecule has 1 aromatic rings. The van der Waals surface area contributed by atoms with Gasteiger partial charge in [0.1, 0.15) is 6.10 Å². The first-order valence-corrected chi connectivity index (χ1v) is 7.61. The Labute approximate surface area is 114 Å². The zero-order valence-corrected chi connectivity index (χ0v) is 11.9. The molecule has 3 heterocycles. The van der Waals surface area contributed by atoms with Gasteiger partial charge >= 0.3 is 5.97 Å². The van der Waals surface area contributed by atoms with Crippen molar-refractivity contribution in [1.82, 2.24) is 4.57 Å². The average Bonchev–Trinajstić information content (AvgIpc) is 2.84. The van der Waals surface area contributed by atoms with E-state index in [4.69, 9.17) is 4.74 Å². The van der Waals surface area contributed by atoms with E-state index in [-0.39, 0.29) is 23.9 Å². The largest absolute Gasteiger partial charge is 0.461 e. The van der Waals surface area contributed by atoms with E-state index in [0.717, 1.165) is 25.8 Å². The standard InChI is InChI=1S/C16H23NO2/c1-3-4-6-12-8-9-13-15-11(2)16(18)19-14(15)7-5-10-17(12)13/h8-9,11,14-15H,3-7,10H2,1-2H3/t11-,14+,15+/m0/s1. The van der Waals surface area contributed by atoms with Crippen molar-refractivity contribution < 1.29 is 9.53 Å². The lowest BCUT2D eigenvalue weighted by molar-refractivity contribution is -0.144. The van der Waals surface area contributed by atoms with Crippen LogP contribution in [0.1, 0.15) is 56.8 Å². The molecule has 0 N–H and O–H groups in total. The molecule has 0 bridgehead atoms. The molecule has 3 heteroatoms. The Morgan fingerprint density at radius 3 is 3.05 bits per heavy atom. The molecule has 1 fully saturated rings. The van der Waals surface area contributed by atoms with Crippen molar-refractivity contribution in [3.63, 3.8) is 0 Å². The Morgan fingerprint density at radius 2 is 2.26 bits per heavy atom. The summed E-state index contributed by atoms with van der Waals surface area (Å²) in [5.74, 6) is 0.265. The topological polar surface area (TPSA) is 31.2 Å². The number of fused-ring (bicyclic) bond motifs is 3. The Kier molecular flexibility index (Phi) is 3.38. The molecule has 19 heavy (non-hydrogen) atoms. The summed E-state index contributed by atoms with van der Waals surface area (Å²) in [6, 6.07) is 4.48. The summed E-state index contributed by atoms with van der Waals surface area (Å²) >= 11 is 0. The maximum atomic E-state index is 11.8. The van der Waals surface area contributed by atoms with Crippen LogP contribution in [0.5, 0.6) is 0 Å². The average molecular weight is 261 g/mol. The van der Waals surface area contributed by atoms with Crippen LogP contribution in [0, 0.1) is 5.92 Å². The molecule has 0 saturated carbocycles. The van der Waals surface area contributed by atoms with E-state index in [2.05, 4.69) is 23.6 Å². The summed E-state index contributed by atoms with van der Waals surface area (Å²) in [6.45, 7) is 5.33. The van der Waals surface area contributed by atoms with Crippen LogP contribution in [0.4, 0.5) is 0 Å². The quantitative estimate of drug-likeness (QED) is 0.782.